The van der Waals surface area contributed by atoms with E-state index in [1.54, 1.807) is 14.2 Å². The van der Waals surface area contributed by atoms with Gasteiger partial charge in [-0.1, -0.05) is 31.9 Å². The van der Waals surface area contributed by atoms with Crippen LogP contribution in [0.15, 0.2) is 35.6 Å². The molecule has 2 aliphatic heterocycles. The molecule has 1 saturated heterocycles. The highest BCUT2D eigenvalue weighted by atomic mass is 16.6. The highest BCUT2D eigenvalue weighted by Crippen LogP contribution is 2.67. The van der Waals surface area contributed by atoms with Crippen LogP contribution in [0.4, 0.5) is 0 Å². The molecule has 5 heteroatoms. The van der Waals surface area contributed by atoms with Crippen molar-refractivity contribution in [3.8, 4) is 11.5 Å². The number of hydrogen-bond acceptors (Lipinski definition) is 5. The van der Waals surface area contributed by atoms with E-state index in [0.717, 1.165) is 49.5 Å². The van der Waals surface area contributed by atoms with Gasteiger partial charge in [0.15, 0.2) is 11.5 Å². The number of aliphatic hydroxyl groups excluding tert-OH is 1. The first-order valence-corrected chi connectivity index (χ1v) is 10.8. The summed E-state index contributed by atoms with van der Waals surface area (Å²) in [4.78, 5) is 2.44. The number of likely N-dealkylation sites (tertiary alicyclic amines) is 1. The van der Waals surface area contributed by atoms with Gasteiger partial charge in [-0.3, -0.25) is 4.90 Å². The van der Waals surface area contributed by atoms with Gasteiger partial charge in [0.25, 0.3) is 0 Å². The van der Waals surface area contributed by atoms with Crippen molar-refractivity contribution in [2.24, 2.45) is 0 Å². The van der Waals surface area contributed by atoms with Crippen LogP contribution in [0.2, 0.25) is 0 Å². The number of benzene rings is 1. The molecule has 4 aliphatic rings. The molecule has 0 radical (unpaired) electrons. The van der Waals surface area contributed by atoms with Gasteiger partial charge in [-0.05, 0) is 56.1 Å². The molecule has 2 heterocycles. The molecule has 0 amide bonds. The minimum atomic E-state index is -0.938. The van der Waals surface area contributed by atoms with Gasteiger partial charge in [0, 0.05) is 11.6 Å². The van der Waals surface area contributed by atoms with Crippen LogP contribution < -0.4 is 9.47 Å². The summed E-state index contributed by atoms with van der Waals surface area (Å²) in [7, 11) is 5.58. The van der Waals surface area contributed by atoms with Gasteiger partial charge in [-0.2, -0.15) is 0 Å². The summed E-state index contributed by atoms with van der Waals surface area (Å²) in [6, 6.07) is 4.51. The summed E-state index contributed by atoms with van der Waals surface area (Å²) in [6.45, 7) is 3.11. The second kappa shape index (κ2) is 6.51. The second-order valence-corrected chi connectivity index (χ2v) is 8.84. The Balaban J connectivity index is 1.82. The zero-order valence-corrected chi connectivity index (χ0v) is 17.8. The Morgan fingerprint density at radius 3 is 2.83 bits per heavy atom. The third kappa shape index (κ3) is 2.13. The van der Waals surface area contributed by atoms with Crippen LogP contribution in [0.3, 0.4) is 0 Å². The lowest BCUT2D eigenvalue weighted by molar-refractivity contribution is -0.0990. The van der Waals surface area contributed by atoms with E-state index in [0.29, 0.717) is 12.5 Å². The Morgan fingerprint density at radius 2 is 2.10 bits per heavy atom. The van der Waals surface area contributed by atoms with Gasteiger partial charge in [0.05, 0.1) is 19.6 Å². The number of piperidine rings is 1. The number of hydrogen-bond donors (Lipinski definition) is 1. The average molecular weight is 398 g/mol. The van der Waals surface area contributed by atoms with Crippen LogP contribution in [0.5, 0.6) is 11.5 Å². The van der Waals surface area contributed by atoms with Crippen LogP contribution in [-0.4, -0.2) is 55.6 Å². The summed E-state index contributed by atoms with van der Waals surface area (Å²) in [6.07, 6.45) is 8.09. The van der Waals surface area contributed by atoms with Crippen molar-refractivity contribution < 1.29 is 19.3 Å². The number of rotatable bonds is 6. The minimum Gasteiger partial charge on any atom is -0.497 e. The fourth-order valence-electron chi connectivity index (χ4n) is 6.39. The summed E-state index contributed by atoms with van der Waals surface area (Å²) in [5.74, 6) is 2.25. The van der Waals surface area contributed by atoms with Crippen LogP contribution in [0, 0.1) is 0 Å². The Bertz CT molecular complexity index is 906. The zero-order valence-electron chi connectivity index (χ0n) is 17.8. The summed E-state index contributed by atoms with van der Waals surface area (Å²) < 4.78 is 18.5. The number of unbranched alkanes of at least 4 members (excludes halogenated alkanes) is 1. The molecule has 1 aromatic carbocycles. The Hall–Kier alpha value is -1.98. The van der Waals surface area contributed by atoms with Gasteiger partial charge in [-0.25, -0.2) is 0 Å². The predicted molar refractivity (Wildman–Crippen MR) is 111 cm³/mol. The zero-order chi connectivity index (χ0) is 20.4. The smallest absolute Gasteiger partial charge is 0.204 e. The molecule has 5 nitrogen and oxygen atoms in total. The lowest BCUT2D eigenvalue weighted by atomic mass is 9.51. The predicted octanol–water partition coefficient (Wildman–Crippen LogP) is 3.35. The van der Waals surface area contributed by atoms with E-state index in [9.17, 15) is 5.11 Å². The van der Waals surface area contributed by atoms with Crippen LogP contribution in [0.25, 0.3) is 0 Å². The van der Waals surface area contributed by atoms with Crippen molar-refractivity contribution >= 4 is 0 Å². The topological polar surface area (TPSA) is 51.2 Å². The van der Waals surface area contributed by atoms with Gasteiger partial charge in [0.1, 0.15) is 11.9 Å². The molecule has 0 aromatic heterocycles. The Kier molecular flexibility index (Phi) is 4.27. The average Bonchev–Trinajstić information content (AvgIpc) is 3.06. The molecular formula is C24H31NO4. The molecule has 1 spiro atoms. The monoisotopic (exact) mass is 397 g/mol. The quantitative estimate of drug-likeness (QED) is 0.798. The molecule has 0 unspecified atom stereocenters. The number of ether oxygens (including phenoxy) is 3. The van der Waals surface area contributed by atoms with Gasteiger partial charge in [0.2, 0.25) is 5.60 Å². The molecule has 0 saturated carbocycles. The fraction of sp³-hybridized carbons (Fsp3) is 0.583. The highest BCUT2D eigenvalue weighted by Gasteiger charge is 2.72. The molecule has 1 aromatic rings. The normalized spacial score (nSPS) is 32.7. The van der Waals surface area contributed by atoms with E-state index in [1.807, 2.05) is 12.1 Å². The summed E-state index contributed by atoms with van der Waals surface area (Å²) in [5.41, 5.74) is 2.52. The summed E-state index contributed by atoms with van der Waals surface area (Å²) in [5, 5.41) is 11.7. The Labute approximate surface area is 172 Å². The van der Waals surface area contributed by atoms with Crippen molar-refractivity contribution in [1.82, 2.24) is 4.90 Å². The minimum absolute atomic E-state index is 0.312. The molecule has 1 N–H and O–H groups in total. The standard InChI is InChI=1S/C24H31NO4/c1-5-6-7-19(26)24-20(28-4)11-9-16-17-14-15-8-10-18(27-3)22(29-24)21(15)23(16,24)12-13-25(17)2/h8-11,17,19,26H,5-7,12-14H2,1-4H3/t17-,19-,23-,24-/m0/s1. The molecule has 156 valence electrons. The molecule has 2 aliphatic carbocycles. The van der Waals surface area contributed by atoms with Crippen LogP contribution in [0.1, 0.15) is 43.7 Å². The van der Waals surface area contributed by atoms with Gasteiger partial charge < -0.3 is 19.3 Å². The van der Waals surface area contributed by atoms with Crippen molar-refractivity contribution in [2.75, 3.05) is 27.8 Å². The van der Waals surface area contributed by atoms with Crippen molar-refractivity contribution in [2.45, 2.75) is 62.2 Å². The SMILES string of the molecule is CCCC[C@H](O)[C@@]12Oc3c(OC)ccc4c3[C@@]13CCN(C)[C@@H](C4)C3=CC=C2OC. The molecule has 2 bridgehead atoms. The van der Waals surface area contributed by atoms with Gasteiger partial charge >= 0.3 is 0 Å². The van der Waals surface area contributed by atoms with E-state index in [1.165, 1.54) is 16.7 Å². The van der Waals surface area contributed by atoms with Crippen LogP contribution in [-0.2, 0) is 16.6 Å². The first-order valence-electron chi connectivity index (χ1n) is 10.8. The highest BCUT2D eigenvalue weighted by molar-refractivity contribution is 5.70. The second-order valence-electron chi connectivity index (χ2n) is 8.84. The number of nitrogens with zero attached hydrogens (tertiary/aromatic N) is 1. The number of allylic oxidation sites excluding steroid dienone is 2. The number of aliphatic hydroxyl groups is 1. The Morgan fingerprint density at radius 1 is 1.28 bits per heavy atom. The first-order chi connectivity index (χ1) is 14.0. The van der Waals surface area contributed by atoms with E-state index in [4.69, 9.17) is 14.2 Å². The molecule has 4 atom stereocenters. The van der Waals surface area contributed by atoms with Crippen molar-refractivity contribution in [1.29, 1.82) is 0 Å². The fourth-order valence-corrected chi connectivity index (χ4v) is 6.39. The third-order valence-electron chi connectivity index (χ3n) is 7.69. The summed E-state index contributed by atoms with van der Waals surface area (Å²) >= 11 is 0. The maximum absolute atomic E-state index is 11.7. The molecule has 1 fully saturated rings. The molecule has 5 rings (SSSR count). The lowest BCUT2D eigenvalue weighted by Crippen LogP contribution is -2.68. The first kappa shape index (κ1) is 19.0. The van der Waals surface area contributed by atoms with Crippen molar-refractivity contribution in [3.63, 3.8) is 0 Å². The molecular weight excluding hydrogens is 366 g/mol. The van der Waals surface area contributed by atoms with E-state index >= 15 is 0 Å². The maximum atomic E-state index is 11.7. The van der Waals surface area contributed by atoms with Gasteiger partial charge in [-0.15, -0.1) is 0 Å². The van der Waals surface area contributed by atoms with E-state index in [-0.39, 0.29) is 0 Å². The lowest BCUT2D eigenvalue weighted by Gasteiger charge is -2.58. The number of methoxy groups -OCH3 is 2. The van der Waals surface area contributed by atoms with E-state index in [2.05, 4.69) is 31.0 Å². The number of likely N-dealkylation sites (N-methyl/N-ethyl adjacent to an activating group) is 1. The third-order valence-corrected chi connectivity index (χ3v) is 7.69. The largest absolute Gasteiger partial charge is 0.497 e. The van der Waals surface area contributed by atoms with Crippen LogP contribution >= 0.6 is 0 Å². The molecule has 29 heavy (non-hydrogen) atoms. The van der Waals surface area contributed by atoms with E-state index < -0.39 is 17.1 Å². The maximum Gasteiger partial charge on any atom is 0.204 e. The van der Waals surface area contributed by atoms with Crippen molar-refractivity contribution in [3.05, 3.63) is 46.7 Å².